The Morgan fingerprint density at radius 2 is 2.14 bits per heavy atom. The highest BCUT2D eigenvalue weighted by Crippen LogP contribution is 2.24. The molecule has 8 heteroatoms. The number of hydrogen-bond acceptors (Lipinski definition) is 6. The van der Waals surface area contributed by atoms with E-state index < -0.39 is 10.9 Å². The first kappa shape index (κ1) is 16.8. The monoisotopic (exact) mass is 296 g/mol. The summed E-state index contributed by atoms with van der Waals surface area (Å²) in [5, 5.41) is 20.0. The van der Waals surface area contributed by atoms with Crippen LogP contribution in [0.3, 0.4) is 0 Å². The van der Waals surface area contributed by atoms with Crippen LogP contribution in [0.25, 0.3) is 0 Å². The summed E-state index contributed by atoms with van der Waals surface area (Å²) in [4.78, 5) is 29.3. The van der Waals surface area contributed by atoms with E-state index in [9.17, 15) is 20.0 Å². The summed E-state index contributed by atoms with van der Waals surface area (Å²) in [6.07, 6.45) is 1.09. The second-order valence-corrected chi connectivity index (χ2v) is 5.02. The van der Waals surface area contributed by atoms with E-state index in [1.54, 1.807) is 0 Å². The van der Waals surface area contributed by atoms with Crippen LogP contribution in [0.1, 0.15) is 24.2 Å². The van der Waals surface area contributed by atoms with E-state index in [0.717, 1.165) is 12.3 Å². The summed E-state index contributed by atoms with van der Waals surface area (Å²) < 4.78 is 0. The van der Waals surface area contributed by atoms with Crippen molar-refractivity contribution in [2.45, 2.75) is 19.9 Å². The van der Waals surface area contributed by atoms with E-state index >= 15 is 0 Å². The molecular weight excluding hydrogens is 276 g/mol. The highest BCUT2D eigenvalue weighted by Gasteiger charge is 2.24. The van der Waals surface area contributed by atoms with Gasteiger partial charge in [0.15, 0.2) is 0 Å². The molecule has 1 heterocycles. The van der Waals surface area contributed by atoms with Crippen molar-refractivity contribution < 1.29 is 14.8 Å². The molecule has 1 unspecified atom stereocenters. The van der Waals surface area contributed by atoms with Gasteiger partial charge in [0, 0.05) is 25.2 Å². The first-order chi connectivity index (χ1) is 9.77. The Bertz CT molecular complexity index is 533. The van der Waals surface area contributed by atoms with Crippen LogP contribution in [0.5, 0.6) is 0 Å². The molecule has 1 aromatic rings. The molecule has 0 aromatic carbocycles. The molecule has 21 heavy (non-hydrogen) atoms. The van der Waals surface area contributed by atoms with Crippen LogP contribution in [-0.2, 0) is 0 Å². The third-order valence-electron chi connectivity index (χ3n) is 3.07. The van der Waals surface area contributed by atoms with Crippen molar-refractivity contribution in [2.75, 3.05) is 32.1 Å². The van der Waals surface area contributed by atoms with Gasteiger partial charge in [-0.15, -0.1) is 0 Å². The van der Waals surface area contributed by atoms with Crippen molar-refractivity contribution in [3.8, 4) is 0 Å². The summed E-state index contributed by atoms with van der Waals surface area (Å²) >= 11 is 0. The number of nitrogens with zero attached hydrogens (tertiary/aromatic N) is 4. The zero-order chi connectivity index (χ0) is 16.2. The quantitative estimate of drug-likeness (QED) is 0.600. The second-order valence-electron chi connectivity index (χ2n) is 5.02. The van der Waals surface area contributed by atoms with Gasteiger partial charge in [0.1, 0.15) is 17.6 Å². The lowest BCUT2D eigenvalue weighted by atomic mass is 10.2. The first-order valence-corrected chi connectivity index (χ1v) is 6.57. The highest BCUT2D eigenvalue weighted by atomic mass is 16.6. The van der Waals surface area contributed by atoms with Crippen LogP contribution in [0.2, 0.25) is 0 Å². The largest absolute Gasteiger partial charge is 0.478 e. The number of rotatable bonds is 7. The molecule has 0 amide bonds. The second kappa shape index (κ2) is 6.98. The van der Waals surface area contributed by atoms with Crippen LogP contribution in [0, 0.1) is 10.1 Å². The van der Waals surface area contributed by atoms with Crippen LogP contribution < -0.4 is 4.90 Å². The molecule has 0 spiro atoms. The molecule has 0 radical (unpaired) electrons. The standard InChI is InChI=1S/C13H20N4O4/c1-5-16(9(2)8-15(3)4)12-11(13(18)19)6-10(7-14-12)17(20)21/h6-7,9H,5,8H2,1-4H3,(H,18,19). The molecule has 0 fully saturated rings. The fraction of sp³-hybridized carbons (Fsp3) is 0.538. The average Bonchev–Trinajstić information content (AvgIpc) is 2.38. The third-order valence-corrected chi connectivity index (χ3v) is 3.07. The van der Waals surface area contributed by atoms with Crippen LogP contribution in [0.15, 0.2) is 12.3 Å². The average molecular weight is 296 g/mol. The van der Waals surface area contributed by atoms with Crippen molar-refractivity contribution >= 4 is 17.5 Å². The van der Waals surface area contributed by atoms with E-state index in [-0.39, 0.29) is 23.1 Å². The molecule has 0 bridgehead atoms. The Hall–Kier alpha value is -2.22. The molecule has 0 saturated heterocycles. The summed E-state index contributed by atoms with van der Waals surface area (Å²) in [7, 11) is 3.84. The maximum Gasteiger partial charge on any atom is 0.339 e. The van der Waals surface area contributed by atoms with Gasteiger partial charge in [-0.05, 0) is 27.9 Å². The first-order valence-electron chi connectivity index (χ1n) is 6.57. The Balaban J connectivity index is 3.25. The summed E-state index contributed by atoms with van der Waals surface area (Å²) in [5.74, 6) is -0.971. The number of aromatic carboxylic acids is 1. The van der Waals surface area contributed by atoms with E-state index in [1.165, 1.54) is 0 Å². The zero-order valence-electron chi connectivity index (χ0n) is 12.6. The van der Waals surface area contributed by atoms with Gasteiger partial charge in [-0.2, -0.15) is 0 Å². The van der Waals surface area contributed by atoms with Gasteiger partial charge in [0.05, 0.1) is 4.92 Å². The molecule has 116 valence electrons. The zero-order valence-corrected chi connectivity index (χ0v) is 12.6. The van der Waals surface area contributed by atoms with Gasteiger partial charge in [0.2, 0.25) is 0 Å². The molecule has 8 nitrogen and oxygen atoms in total. The summed E-state index contributed by atoms with van der Waals surface area (Å²) in [6, 6.07) is 1.08. The van der Waals surface area contributed by atoms with E-state index in [0.29, 0.717) is 13.1 Å². The molecule has 0 aliphatic heterocycles. The van der Waals surface area contributed by atoms with Crippen LogP contribution >= 0.6 is 0 Å². The molecule has 0 saturated carbocycles. The van der Waals surface area contributed by atoms with E-state index in [1.807, 2.05) is 37.7 Å². The van der Waals surface area contributed by atoms with Crippen molar-refractivity contribution in [3.05, 3.63) is 27.9 Å². The minimum atomic E-state index is -1.23. The molecule has 0 aliphatic carbocycles. The number of carboxylic acid groups (broad SMARTS) is 1. The summed E-state index contributed by atoms with van der Waals surface area (Å²) in [5.41, 5.74) is -0.482. The maximum atomic E-state index is 11.4. The van der Waals surface area contributed by atoms with Crippen LogP contribution in [-0.4, -0.2) is 59.1 Å². The number of likely N-dealkylation sites (N-methyl/N-ethyl adjacent to an activating group) is 2. The van der Waals surface area contributed by atoms with Gasteiger partial charge < -0.3 is 14.9 Å². The van der Waals surface area contributed by atoms with Gasteiger partial charge in [0.25, 0.3) is 5.69 Å². The number of nitro groups is 1. The van der Waals surface area contributed by atoms with Gasteiger partial charge in [-0.25, -0.2) is 9.78 Å². The molecular formula is C13H20N4O4. The minimum absolute atomic E-state index is 0.0251. The maximum absolute atomic E-state index is 11.4. The lowest BCUT2D eigenvalue weighted by Crippen LogP contribution is -2.41. The van der Waals surface area contributed by atoms with Crippen LogP contribution in [0.4, 0.5) is 11.5 Å². The van der Waals surface area contributed by atoms with Crippen molar-refractivity contribution in [1.29, 1.82) is 0 Å². The van der Waals surface area contributed by atoms with E-state index in [4.69, 9.17) is 0 Å². The SMILES string of the molecule is CCN(c1ncc([N+](=O)[O-])cc1C(=O)O)C(C)CN(C)C. The van der Waals surface area contributed by atoms with Crippen molar-refractivity contribution in [2.24, 2.45) is 0 Å². The van der Waals surface area contributed by atoms with E-state index in [2.05, 4.69) is 4.98 Å². The predicted octanol–water partition coefficient (Wildman–Crippen LogP) is 1.46. The number of pyridine rings is 1. The Kier molecular flexibility index (Phi) is 5.60. The number of anilines is 1. The molecule has 1 rings (SSSR count). The molecule has 1 N–H and O–H groups in total. The Morgan fingerprint density at radius 3 is 2.57 bits per heavy atom. The van der Waals surface area contributed by atoms with Gasteiger partial charge in [-0.1, -0.05) is 0 Å². The number of aromatic nitrogens is 1. The Labute approximate surface area is 123 Å². The fourth-order valence-electron chi connectivity index (χ4n) is 2.23. The topological polar surface area (TPSA) is 99.8 Å². The molecule has 1 aromatic heterocycles. The molecule has 1 atom stereocenters. The minimum Gasteiger partial charge on any atom is -0.478 e. The van der Waals surface area contributed by atoms with Crippen molar-refractivity contribution in [1.82, 2.24) is 9.88 Å². The number of carboxylic acids is 1. The smallest absolute Gasteiger partial charge is 0.339 e. The summed E-state index contributed by atoms with van der Waals surface area (Å²) in [6.45, 7) is 5.12. The van der Waals surface area contributed by atoms with Gasteiger partial charge >= 0.3 is 5.97 Å². The normalized spacial score (nSPS) is 12.2. The highest BCUT2D eigenvalue weighted by molar-refractivity contribution is 5.94. The third kappa shape index (κ3) is 4.12. The lowest BCUT2D eigenvalue weighted by Gasteiger charge is -2.31. The lowest BCUT2D eigenvalue weighted by molar-refractivity contribution is -0.385. The predicted molar refractivity (Wildman–Crippen MR) is 78.9 cm³/mol. The number of carbonyl (C=O) groups is 1. The number of hydrogen-bond donors (Lipinski definition) is 1. The fourth-order valence-corrected chi connectivity index (χ4v) is 2.23. The van der Waals surface area contributed by atoms with Crippen molar-refractivity contribution in [3.63, 3.8) is 0 Å². The van der Waals surface area contributed by atoms with Gasteiger partial charge in [-0.3, -0.25) is 10.1 Å². The Morgan fingerprint density at radius 1 is 1.52 bits per heavy atom. The molecule has 0 aliphatic rings.